The van der Waals surface area contributed by atoms with Crippen molar-refractivity contribution in [3.8, 4) is 0 Å². The number of carbonyl (C=O) groups excluding carboxylic acids is 2. The fourth-order valence-electron chi connectivity index (χ4n) is 4.79. The van der Waals surface area contributed by atoms with E-state index in [1.54, 1.807) is 0 Å². The van der Waals surface area contributed by atoms with Gasteiger partial charge in [0.1, 0.15) is 0 Å². The molecule has 194 valence electrons. The van der Waals surface area contributed by atoms with Gasteiger partial charge in [0.2, 0.25) is 11.8 Å². The van der Waals surface area contributed by atoms with Crippen LogP contribution in [0.4, 0.5) is 0 Å². The van der Waals surface area contributed by atoms with E-state index in [1.165, 1.54) is 89.9 Å². The first-order valence-corrected chi connectivity index (χ1v) is 14.3. The van der Waals surface area contributed by atoms with E-state index in [1.807, 2.05) is 4.90 Å². The average molecular weight is 466 g/mol. The highest BCUT2D eigenvalue weighted by Gasteiger charge is 2.33. The topological polar surface area (TPSA) is 61.4 Å². The van der Waals surface area contributed by atoms with Gasteiger partial charge in [-0.15, -0.1) is 0 Å². The van der Waals surface area contributed by atoms with Crippen molar-refractivity contribution in [1.82, 2.24) is 15.5 Å². The maximum absolute atomic E-state index is 12.0. The summed E-state index contributed by atoms with van der Waals surface area (Å²) in [5.74, 6) is 0.419. The third kappa shape index (κ3) is 15.4. The van der Waals surface area contributed by atoms with Gasteiger partial charge in [0.25, 0.3) is 0 Å². The van der Waals surface area contributed by atoms with Gasteiger partial charge in [0, 0.05) is 25.9 Å². The normalized spacial score (nSPS) is 14.3. The van der Waals surface area contributed by atoms with Crippen molar-refractivity contribution in [2.24, 2.45) is 0 Å². The SMILES string of the molecule is CCCCCCCCCCCCCCCCCC(=O)NCCCNC(C)(C)N1CCCC1=O. The van der Waals surface area contributed by atoms with Gasteiger partial charge in [-0.2, -0.15) is 0 Å². The third-order valence-corrected chi connectivity index (χ3v) is 6.99. The Morgan fingerprint density at radius 2 is 1.30 bits per heavy atom. The quantitative estimate of drug-likeness (QED) is 0.175. The van der Waals surface area contributed by atoms with E-state index in [2.05, 4.69) is 31.4 Å². The standard InChI is InChI=1S/C28H55N3O2/c1-4-5-6-7-8-9-10-11-12-13-14-15-16-17-18-21-26(32)29-23-20-24-30-28(2,3)31-25-19-22-27(31)33/h30H,4-25H2,1-3H3,(H,29,32). The maximum Gasteiger partial charge on any atom is 0.224 e. The lowest BCUT2D eigenvalue weighted by molar-refractivity contribution is -0.133. The number of unbranched alkanes of at least 4 members (excludes halogenated alkanes) is 14. The predicted molar refractivity (Wildman–Crippen MR) is 140 cm³/mol. The molecule has 1 aliphatic rings. The van der Waals surface area contributed by atoms with Crippen LogP contribution in [0.3, 0.4) is 0 Å². The van der Waals surface area contributed by atoms with Crippen LogP contribution in [-0.4, -0.2) is 42.0 Å². The highest BCUT2D eigenvalue weighted by molar-refractivity contribution is 5.78. The van der Waals surface area contributed by atoms with Crippen LogP contribution in [0.5, 0.6) is 0 Å². The molecule has 0 bridgehead atoms. The molecule has 1 rings (SSSR count). The number of rotatable bonds is 22. The molecule has 0 spiro atoms. The second kappa shape index (κ2) is 19.2. The zero-order chi connectivity index (χ0) is 24.2. The summed E-state index contributed by atoms with van der Waals surface area (Å²) in [5.41, 5.74) is -0.300. The molecule has 0 aliphatic carbocycles. The summed E-state index contributed by atoms with van der Waals surface area (Å²) < 4.78 is 0. The lowest BCUT2D eigenvalue weighted by Crippen LogP contribution is -2.55. The number of nitrogens with zero attached hydrogens (tertiary/aromatic N) is 1. The van der Waals surface area contributed by atoms with Crippen molar-refractivity contribution in [1.29, 1.82) is 0 Å². The minimum Gasteiger partial charge on any atom is -0.356 e. The van der Waals surface area contributed by atoms with Crippen molar-refractivity contribution in [2.45, 2.75) is 148 Å². The van der Waals surface area contributed by atoms with Crippen LogP contribution in [0.15, 0.2) is 0 Å². The summed E-state index contributed by atoms with van der Waals surface area (Å²) >= 11 is 0. The van der Waals surface area contributed by atoms with E-state index in [0.717, 1.165) is 32.4 Å². The largest absolute Gasteiger partial charge is 0.356 e. The van der Waals surface area contributed by atoms with Crippen molar-refractivity contribution < 1.29 is 9.59 Å². The Labute approximate surface area is 205 Å². The van der Waals surface area contributed by atoms with Gasteiger partial charge in [0.15, 0.2) is 0 Å². The van der Waals surface area contributed by atoms with E-state index < -0.39 is 0 Å². The summed E-state index contributed by atoms with van der Waals surface area (Å²) in [4.78, 5) is 25.8. The van der Waals surface area contributed by atoms with E-state index in [4.69, 9.17) is 0 Å². The molecule has 1 aliphatic heterocycles. The third-order valence-electron chi connectivity index (χ3n) is 6.99. The summed E-state index contributed by atoms with van der Waals surface area (Å²) in [7, 11) is 0. The van der Waals surface area contributed by atoms with E-state index in [9.17, 15) is 9.59 Å². The molecule has 1 fully saturated rings. The average Bonchev–Trinajstić information content (AvgIpc) is 3.23. The summed E-state index contributed by atoms with van der Waals surface area (Å²) in [5, 5.41) is 6.50. The van der Waals surface area contributed by atoms with Gasteiger partial charge >= 0.3 is 0 Å². The molecule has 0 saturated carbocycles. The minimum atomic E-state index is -0.300. The highest BCUT2D eigenvalue weighted by Crippen LogP contribution is 2.19. The molecular formula is C28H55N3O2. The van der Waals surface area contributed by atoms with Crippen molar-refractivity contribution in [3.63, 3.8) is 0 Å². The van der Waals surface area contributed by atoms with Gasteiger partial charge in [-0.1, -0.05) is 96.8 Å². The molecule has 33 heavy (non-hydrogen) atoms. The molecule has 0 radical (unpaired) electrons. The lowest BCUT2D eigenvalue weighted by Gasteiger charge is -2.36. The number of carbonyl (C=O) groups is 2. The predicted octanol–water partition coefficient (Wildman–Crippen LogP) is 6.70. The Bertz CT molecular complexity index is 507. The number of hydrogen-bond donors (Lipinski definition) is 2. The van der Waals surface area contributed by atoms with Crippen LogP contribution >= 0.6 is 0 Å². The van der Waals surface area contributed by atoms with Crippen LogP contribution in [0.25, 0.3) is 0 Å². The summed E-state index contributed by atoms with van der Waals surface area (Å²) in [6.07, 6.45) is 23.4. The van der Waals surface area contributed by atoms with Gasteiger partial charge in [-0.05, 0) is 39.7 Å². The fourth-order valence-corrected chi connectivity index (χ4v) is 4.79. The van der Waals surface area contributed by atoms with Gasteiger partial charge < -0.3 is 10.2 Å². The molecule has 5 heteroatoms. The van der Waals surface area contributed by atoms with Crippen LogP contribution in [0.1, 0.15) is 143 Å². The zero-order valence-corrected chi connectivity index (χ0v) is 22.3. The fraction of sp³-hybridized carbons (Fsp3) is 0.929. The van der Waals surface area contributed by atoms with Crippen LogP contribution in [0.2, 0.25) is 0 Å². The Kier molecular flexibility index (Phi) is 17.4. The molecule has 0 unspecified atom stereocenters. The number of hydrogen-bond acceptors (Lipinski definition) is 3. The molecule has 0 aromatic carbocycles. The van der Waals surface area contributed by atoms with Crippen LogP contribution < -0.4 is 10.6 Å². The lowest BCUT2D eigenvalue weighted by atomic mass is 10.0. The highest BCUT2D eigenvalue weighted by atomic mass is 16.2. The number of nitrogens with one attached hydrogen (secondary N) is 2. The van der Waals surface area contributed by atoms with E-state index in [-0.39, 0.29) is 17.5 Å². The molecule has 5 nitrogen and oxygen atoms in total. The van der Waals surface area contributed by atoms with Crippen LogP contribution in [-0.2, 0) is 9.59 Å². The minimum absolute atomic E-state index is 0.179. The van der Waals surface area contributed by atoms with E-state index in [0.29, 0.717) is 19.4 Å². The molecule has 2 amide bonds. The van der Waals surface area contributed by atoms with Crippen molar-refractivity contribution >= 4 is 11.8 Å². The Morgan fingerprint density at radius 3 is 1.79 bits per heavy atom. The van der Waals surface area contributed by atoms with Gasteiger partial charge in [-0.3, -0.25) is 14.9 Å². The van der Waals surface area contributed by atoms with Crippen molar-refractivity contribution in [2.75, 3.05) is 19.6 Å². The van der Waals surface area contributed by atoms with E-state index >= 15 is 0 Å². The summed E-state index contributed by atoms with van der Waals surface area (Å²) in [6.45, 7) is 8.75. The molecule has 0 aromatic heterocycles. The Morgan fingerprint density at radius 1 is 0.788 bits per heavy atom. The molecular weight excluding hydrogens is 410 g/mol. The second-order valence-corrected chi connectivity index (χ2v) is 10.5. The first-order chi connectivity index (χ1) is 16.0. The molecule has 0 aromatic rings. The molecule has 0 atom stereocenters. The Balaban J connectivity index is 1.82. The molecule has 1 heterocycles. The zero-order valence-electron chi connectivity index (χ0n) is 22.3. The number of amides is 2. The van der Waals surface area contributed by atoms with Crippen molar-refractivity contribution in [3.05, 3.63) is 0 Å². The van der Waals surface area contributed by atoms with Crippen LogP contribution in [0, 0.1) is 0 Å². The Hall–Kier alpha value is -1.10. The maximum atomic E-state index is 12.0. The molecule has 2 N–H and O–H groups in total. The monoisotopic (exact) mass is 465 g/mol. The smallest absolute Gasteiger partial charge is 0.224 e. The summed E-state index contributed by atoms with van der Waals surface area (Å²) in [6, 6.07) is 0. The number of likely N-dealkylation sites (tertiary alicyclic amines) is 1. The van der Waals surface area contributed by atoms with Gasteiger partial charge in [-0.25, -0.2) is 0 Å². The van der Waals surface area contributed by atoms with Gasteiger partial charge in [0.05, 0.1) is 5.66 Å². The second-order valence-electron chi connectivity index (χ2n) is 10.5. The first kappa shape index (κ1) is 29.9. The first-order valence-electron chi connectivity index (χ1n) is 14.3. The molecule has 1 saturated heterocycles.